The third kappa shape index (κ3) is 3.43. The lowest BCUT2D eigenvalue weighted by Crippen LogP contribution is -2.27. The van der Waals surface area contributed by atoms with Crippen LogP contribution in [0, 0.1) is 12.8 Å². The van der Waals surface area contributed by atoms with Crippen LogP contribution in [0.1, 0.15) is 55.1 Å². The maximum absolute atomic E-state index is 10.9. The van der Waals surface area contributed by atoms with E-state index >= 15 is 0 Å². The Bertz CT molecular complexity index is 454. The molecule has 1 saturated carbocycles. The largest absolute Gasteiger partial charge is 0.478 e. The fraction of sp³-hybridized carbons (Fsp3) is 0.643. The Morgan fingerprint density at radius 1 is 1.42 bits per heavy atom. The van der Waals surface area contributed by atoms with E-state index < -0.39 is 5.97 Å². The van der Waals surface area contributed by atoms with Gasteiger partial charge in [-0.1, -0.05) is 13.3 Å². The molecule has 2 N–H and O–H groups in total. The van der Waals surface area contributed by atoms with Crippen LogP contribution in [0.25, 0.3) is 0 Å². The van der Waals surface area contributed by atoms with E-state index in [9.17, 15) is 4.79 Å². The zero-order valence-electron chi connectivity index (χ0n) is 11.5. The molecule has 1 heterocycles. The molecule has 1 fully saturated rings. The molecule has 0 atom stereocenters. The first-order chi connectivity index (χ1) is 9.10. The first kappa shape index (κ1) is 13.8. The Morgan fingerprint density at radius 3 is 2.63 bits per heavy atom. The van der Waals surface area contributed by atoms with Gasteiger partial charge < -0.3 is 10.4 Å². The second-order valence-electron chi connectivity index (χ2n) is 5.27. The molecule has 0 aliphatic heterocycles. The van der Waals surface area contributed by atoms with E-state index in [1.54, 1.807) is 6.92 Å². The van der Waals surface area contributed by atoms with Crippen LogP contribution < -0.4 is 5.32 Å². The number of nitrogens with zero attached hydrogens (tertiary/aromatic N) is 2. The summed E-state index contributed by atoms with van der Waals surface area (Å²) in [6.07, 6.45) is 7.42. The Hall–Kier alpha value is -1.65. The summed E-state index contributed by atoms with van der Waals surface area (Å²) in [5.74, 6) is 0.421. The first-order valence-corrected chi connectivity index (χ1v) is 6.93. The van der Waals surface area contributed by atoms with Crippen LogP contribution in [-0.4, -0.2) is 27.1 Å². The predicted molar refractivity (Wildman–Crippen MR) is 73.4 cm³/mol. The Kier molecular flexibility index (Phi) is 4.35. The number of rotatable bonds is 4. The third-order valence-corrected chi connectivity index (χ3v) is 3.97. The zero-order valence-corrected chi connectivity index (χ0v) is 11.5. The van der Waals surface area contributed by atoms with Crippen LogP contribution in [0.4, 0.5) is 5.95 Å². The summed E-state index contributed by atoms with van der Waals surface area (Å²) in [5.41, 5.74) is 0.674. The molecule has 104 valence electrons. The predicted octanol–water partition coefficient (Wildman–Crippen LogP) is 2.86. The van der Waals surface area contributed by atoms with E-state index in [1.807, 2.05) is 0 Å². The summed E-state index contributed by atoms with van der Waals surface area (Å²) in [6, 6.07) is 0.415. The molecule has 0 saturated heterocycles. The molecule has 5 nitrogen and oxygen atoms in total. The van der Waals surface area contributed by atoms with Crippen LogP contribution in [0.15, 0.2) is 6.20 Å². The van der Waals surface area contributed by atoms with E-state index in [0.717, 1.165) is 18.8 Å². The van der Waals surface area contributed by atoms with E-state index in [0.29, 0.717) is 17.7 Å². The van der Waals surface area contributed by atoms with Gasteiger partial charge in [0.25, 0.3) is 0 Å². The molecule has 19 heavy (non-hydrogen) atoms. The average molecular weight is 263 g/mol. The molecule has 0 aromatic carbocycles. The SMILES string of the molecule is CCC1CCC(Nc2ncc(C(=O)O)c(C)n2)CC1. The highest BCUT2D eigenvalue weighted by molar-refractivity contribution is 5.88. The molecule has 0 bridgehead atoms. The number of aryl methyl sites for hydroxylation is 1. The monoisotopic (exact) mass is 263 g/mol. The Morgan fingerprint density at radius 2 is 2.11 bits per heavy atom. The molecule has 0 radical (unpaired) electrons. The van der Waals surface area contributed by atoms with Gasteiger partial charge in [-0.3, -0.25) is 0 Å². The van der Waals surface area contributed by atoms with Crippen molar-refractivity contribution in [3.63, 3.8) is 0 Å². The van der Waals surface area contributed by atoms with Crippen molar-refractivity contribution in [1.29, 1.82) is 0 Å². The minimum Gasteiger partial charge on any atom is -0.478 e. The molecule has 1 aromatic rings. The van der Waals surface area contributed by atoms with Crippen molar-refractivity contribution in [2.24, 2.45) is 5.92 Å². The van der Waals surface area contributed by atoms with Gasteiger partial charge in [-0.15, -0.1) is 0 Å². The lowest BCUT2D eigenvalue weighted by Gasteiger charge is -2.28. The van der Waals surface area contributed by atoms with Gasteiger partial charge in [0.05, 0.1) is 11.3 Å². The average Bonchev–Trinajstić information content (AvgIpc) is 2.39. The molecule has 1 aliphatic carbocycles. The number of anilines is 1. The van der Waals surface area contributed by atoms with Crippen LogP contribution in [0.3, 0.4) is 0 Å². The van der Waals surface area contributed by atoms with Crippen LogP contribution >= 0.6 is 0 Å². The molecule has 0 spiro atoms. The minimum atomic E-state index is -0.979. The molecule has 0 unspecified atom stereocenters. The standard InChI is InChI=1S/C14H21N3O2/c1-3-10-4-6-11(7-5-10)17-14-15-8-12(13(18)19)9(2)16-14/h8,10-11H,3-7H2,1-2H3,(H,18,19)(H,15,16,17). The second-order valence-corrected chi connectivity index (χ2v) is 5.27. The van der Waals surface area contributed by atoms with E-state index in [4.69, 9.17) is 5.11 Å². The van der Waals surface area contributed by atoms with Gasteiger partial charge in [-0.2, -0.15) is 0 Å². The minimum absolute atomic E-state index is 0.167. The topological polar surface area (TPSA) is 75.1 Å². The van der Waals surface area contributed by atoms with Crippen LogP contribution in [-0.2, 0) is 0 Å². The summed E-state index contributed by atoms with van der Waals surface area (Å²) in [5, 5.41) is 12.3. The summed E-state index contributed by atoms with van der Waals surface area (Å²) < 4.78 is 0. The highest BCUT2D eigenvalue weighted by Crippen LogP contribution is 2.27. The van der Waals surface area contributed by atoms with Gasteiger partial charge in [0.2, 0.25) is 5.95 Å². The van der Waals surface area contributed by atoms with Gasteiger partial charge in [-0.25, -0.2) is 14.8 Å². The fourth-order valence-corrected chi connectivity index (χ4v) is 2.64. The number of aromatic carboxylic acids is 1. The third-order valence-electron chi connectivity index (χ3n) is 3.97. The molecular formula is C14H21N3O2. The Balaban J connectivity index is 1.97. The van der Waals surface area contributed by atoms with Crippen molar-refractivity contribution in [2.75, 3.05) is 5.32 Å². The van der Waals surface area contributed by atoms with Crippen molar-refractivity contribution in [3.8, 4) is 0 Å². The molecule has 0 amide bonds. The van der Waals surface area contributed by atoms with E-state index in [2.05, 4.69) is 22.2 Å². The summed E-state index contributed by atoms with van der Waals surface area (Å²) >= 11 is 0. The number of carboxylic acids is 1. The number of aromatic nitrogens is 2. The zero-order chi connectivity index (χ0) is 13.8. The van der Waals surface area contributed by atoms with Crippen molar-refractivity contribution in [2.45, 2.75) is 52.0 Å². The quantitative estimate of drug-likeness (QED) is 0.873. The van der Waals surface area contributed by atoms with Crippen LogP contribution in [0.5, 0.6) is 0 Å². The number of nitrogens with one attached hydrogen (secondary N) is 1. The molecular weight excluding hydrogens is 242 g/mol. The van der Waals surface area contributed by atoms with Crippen molar-refractivity contribution < 1.29 is 9.90 Å². The summed E-state index contributed by atoms with van der Waals surface area (Å²) in [6.45, 7) is 3.94. The maximum atomic E-state index is 10.9. The lowest BCUT2D eigenvalue weighted by atomic mass is 9.85. The number of hydrogen-bond donors (Lipinski definition) is 2. The first-order valence-electron chi connectivity index (χ1n) is 6.93. The van der Waals surface area contributed by atoms with Gasteiger partial charge in [0, 0.05) is 12.2 Å². The highest BCUT2D eigenvalue weighted by Gasteiger charge is 2.20. The molecule has 2 rings (SSSR count). The fourth-order valence-electron chi connectivity index (χ4n) is 2.64. The van der Waals surface area contributed by atoms with Crippen molar-refractivity contribution >= 4 is 11.9 Å². The van der Waals surface area contributed by atoms with Crippen LogP contribution in [0.2, 0.25) is 0 Å². The summed E-state index contributed by atoms with van der Waals surface area (Å²) in [4.78, 5) is 19.2. The number of carbonyl (C=O) groups is 1. The maximum Gasteiger partial charge on any atom is 0.339 e. The van der Waals surface area contributed by atoms with Gasteiger partial charge in [-0.05, 0) is 38.5 Å². The smallest absolute Gasteiger partial charge is 0.339 e. The normalized spacial score (nSPS) is 23.1. The van der Waals surface area contributed by atoms with Gasteiger partial charge in [0.15, 0.2) is 0 Å². The van der Waals surface area contributed by atoms with Gasteiger partial charge in [0.1, 0.15) is 0 Å². The van der Waals surface area contributed by atoms with E-state index in [-0.39, 0.29) is 5.56 Å². The Labute approximate surface area is 113 Å². The highest BCUT2D eigenvalue weighted by atomic mass is 16.4. The van der Waals surface area contributed by atoms with Crippen molar-refractivity contribution in [1.82, 2.24) is 9.97 Å². The number of hydrogen-bond acceptors (Lipinski definition) is 4. The molecule has 5 heteroatoms. The number of carboxylic acid groups (broad SMARTS) is 1. The molecule has 1 aromatic heterocycles. The van der Waals surface area contributed by atoms with E-state index in [1.165, 1.54) is 25.5 Å². The lowest BCUT2D eigenvalue weighted by molar-refractivity contribution is 0.0695. The van der Waals surface area contributed by atoms with Gasteiger partial charge >= 0.3 is 5.97 Å². The van der Waals surface area contributed by atoms with Crippen molar-refractivity contribution in [3.05, 3.63) is 17.5 Å². The second kappa shape index (κ2) is 5.99. The summed E-state index contributed by atoms with van der Waals surface area (Å²) in [7, 11) is 0. The molecule has 1 aliphatic rings.